The molecule has 0 heterocycles. The number of nitrogens with one attached hydrogen (secondary N) is 1. The molecule has 5 heteroatoms. The molecule has 1 unspecified atom stereocenters. The zero-order valence-corrected chi connectivity index (χ0v) is 12.0. The lowest BCUT2D eigenvalue weighted by Crippen LogP contribution is -2.21. The Morgan fingerprint density at radius 2 is 2.17 bits per heavy atom. The van der Waals surface area contributed by atoms with Gasteiger partial charge in [0.05, 0.1) is 21.8 Å². The third-order valence-corrected chi connectivity index (χ3v) is 3.25. The van der Waals surface area contributed by atoms with Gasteiger partial charge in [-0.2, -0.15) is 5.26 Å². The van der Waals surface area contributed by atoms with Crippen molar-refractivity contribution < 1.29 is 9.50 Å². The predicted octanol–water partition coefficient (Wildman–Crippen LogP) is 3.28. The van der Waals surface area contributed by atoms with Crippen LogP contribution in [0.5, 0.6) is 0 Å². The zero-order valence-electron chi connectivity index (χ0n) is 10.4. The fourth-order valence-corrected chi connectivity index (χ4v) is 2.06. The van der Waals surface area contributed by atoms with Gasteiger partial charge in [-0.1, -0.05) is 13.8 Å². The summed E-state index contributed by atoms with van der Waals surface area (Å²) < 4.78 is 14.0. The Morgan fingerprint density at radius 1 is 1.50 bits per heavy atom. The quantitative estimate of drug-likeness (QED) is 0.877. The molecular formula is C13H16BrFN2O. The molecule has 1 atom stereocenters. The number of aliphatic hydroxyl groups excluding tert-OH is 1. The van der Waals surface area contributed by atoms with Crippen molar-refractivity contribution in [3.8, 4) is 6.07 Å². The van der Waals surface area contributed by atoms with Crippen LogP contribution in [0.2, 0.25) is 0 Å². The number of hydrogen-bond donors (Lipinski definition) is 2. The molecule has 98 valence electrons. The maximum Gasteiger partial charge on any atom is 0.161 e. The minimum atomic E-state index is -0.515. The predicted molar refractivity (Wildman–Crippen MR) is 72.8 cm³/mol. The van der Waals surface area contributed by atoms with E-state index in [1.54, 1.807) is 0 Å². The average molecular weight is 315 g/mol. The summed E-state index contributed by atoms with van der Waals surface area (Å²) >= 11 is 3.04. The number of hydrogen-bond acceptors (Lipinski definition) is 3. The number of halogens is 2. The summed E-state index contributed by atoms with van der Waals surface area (Å²) in [5.74, 6) is -0.120. The van der Waals surface area contributed by atoms with Crippen molar-refractivity contribution in [2.24, 2.45) is 5.92 Å². The summed E-state index contributed by atoms with van der Waals surface area (Å²) in [5.41, 5.74) is 0.532. The fraction of sp³-hybridized carbons (Fsp3) is 0.462. The summed E-state index contributed by atoms with van der Waals surface area (Å²) in [6, 6.07) is 4.92. The van der Waals surface area contributed by atoms with E-state index in [0.29, 0.717) is 12.3 Å². The average Bonchev–Trinajstić information content (AvgIpc) is 2.30. The van der Waals surface area contributed by atoms with Gasteiger partial charge in [0.15, 0.2) is 5.82 Å². The molecule has 0 aliphatic rings. The van der Waals surface area contributed by atoms with Crippen LogP contribution in [0.4, 0.5) is 10.1 Å². The van der Waals surface area contributed by atoms with Crippen molar-refractivity contribution in [1.29, 1.82) is 5.26 Å². The van der Waals surface area contributed by atoms with Gasteiger partial charge in [0.25, 0.3) is 0 Å². The van der Waals surface area contributed by atoms with Crippen LogP contribution >= 0.6 is 15.9 Å². The molecule has 3 nitrogen and oxygen atoms in total. The monoisotopic (exact) mass is 314 g/mol. The van der Waals surface area contributed by atoms with Crippen molar-refractivity contribution in [1.82, 2.24) is 0 Å². The van der Waals surface area contributed by atoms with Gasteiger partial charge in [0.1, 0.15) is 6.07 Å². The molecule has 1 aromatic rings. The van der Waals surface area contributed by atoms with Gasteiger partial charge in [-0.05, 0) is 40.4 Å². The van der Waals surface area contributed by atoms with Crippen LogP contribution < -0.4 is 5.32 Å². The lowest BCUT2D eigenvalue weighted by Gasteiger charge is -2.15. The summed E-state index contributed by atoms with van der Waals surface area (Å²) in [6.07, 6.45) is 0.144. The molecule has 2 N–H and O–H groups in total. The van der Waals surface area contributed by atoms with Crippen molar-refractivity contribution >= 4 is 21.6 Å². The Labute approximate surface area is 115 Å². The molecule has 0 spiro atoms. The van der Waals surface area contributed by atoms with Crippen molar-refractivity contribution in [3.05, 3.63) is 28.0 Å². The molecule has 0 aliphatic heterocycles. The zero-order chi connectivity index (χ0) is 13.7. The normalized spacial score (nSPS) is 12.3. The Balaban J connectivity index is 2.69. The molecule has 18 heavy (non-hydrogen) atoms. The first-order valence-corrected chi connectivity index (χ1v) is 6.55. The van der Waals surface area contributed by atoms with Crippen LogP contribution in [0.25, 0.3) is 0 Å². The van der Waals surface area contributed by atoms with Gasteiger partial charge in [-0.3, -0.25) is 0 Å². The van der Waals surface area contributed by atoms with Crippen LogP contribution in [0, 0.1) is 23.1 Å². The van der Waals surface area contributed by atoms with Crippen molar-refractivity contribution in [3.63, 3.8) is 0 Å². The summed E-state index contributed by atoms with van der Waals surface area (Å²) in [7, 11) is 0. The first-order valence-electron chi connectivity index (χ1n) is 5.75. The van der Waals surface area contributed by atoms with E-state index in [4.69, 9.17) is 5.26 Å². The van der Waals surface area contributed by atoms with Crippen LogP contribution in [-0.4, -0.2) is 17.8 Å². The maximum atomic E-state index is 13.8. The molecule has 0 saturated carbocycles. The van der Waals surface area contributed by atoms with Crippen molar-refractivity contribution in [2.75, 3.05) is 11.9 Å². The van der Waals surface area contributed by atoms with E-state index in [1.807, 2.05) is 19.9 Å². The van der Waals surface area contributed by atoms with Crippen LogP contribution in [0.15, 0.2) is 16.6 Å². The molecule has 0 amide bonds. The summed E-state index contributed by atoms with van der Waals surface area (Å²) in [4.78, 5) is 0. The molecule has 0 aromatic heterocycles. The molecular weight excluding hydrogens is 299 g/mol. The van der Waals surface area contributed by atoms with Crippen molar-refractivity contribution in [2.45, 2.75) is 26.4 Å². The third kappa shape index (κ3) is 3.97. The molecule has 0 aliphatic carbocycles. The SMILES string of the molecule is CC(C)CC(O)CNc1ccc(C#N)c(Br)c1F. The molecule has 1 aromatic carbocycles. The number of anilines is 1. The Kier molecular flexibility index (Phi) is 5.57. The Bertz CT molecular complexity index is 457. The van der Waals surface area contributed by atoms with E-state index in [9.17, 15) is 9.50 Å². The van der Waals surface area contributed by atoms with Crippen LogP contribution in [0.1, 0.15) is 25.8 Å². The lowest BCUT2D eigenvalue weighted by molar-refractivity contribution is 0.161. The van der Waals surface area contributed by atoms with E-state index >= 15 is 0 Å². The first kappa shape index (κ1) is 14.9. The molecule has 0 radical (unpaired) electrons. The Hall–Kier alpha value is -1.12. The van der Waals surface area contributed by atoms with Crippen LogP contribution in [-0.2, 0) is 0 Å². The summed E-state index contributed by atoms with van der Waals surface area (Å²) in [6.45, 7) is 4.32. The molecule has 1 rings (SSSR count). The van der Waals surface area contributed by atoms with Gasteiger partial charge < -0.3 is 10.4 Å². The smallest absolute Gasteiger partial charge is 0.161 e. The minimum absolute atomic E-state index is 0.147. The number of nitriles is 1. The highest BCUT2D eigenvalue weighted by molar-refractivity contribution is 9.10. The van der Waals surface area contributed by atoms with Gasteiger partial charge in [0.2, 0.25) is 0 Å². The summed E-state index contributed by atoms with van der Waals surface area (Å²) in [5, 5.41) is 21.3. The molecule has 0 saturated heterocycles. The van der Waals surface area contributed by atoms with Crippen LogP contribution in [0.3, 0.4) is 0 Å². The minimum Gasteiger partial charge on any atom is -0.391 e. The number of aliphatic hydroxyl groups is 1. The van der Waals surface area contributed by atoms with E-state index in [1.165, 1.54) is 12.1 Å². The molecule has 0 bridgehead atoms. The van der Waals surface area contributed by atoms with Gasteiger partial charge >= 0.3 is 0 Å². The second-order valence-corrected chi connectivity index (χ2v) is 5.36. The first-order chi connectivity index (χ1) is 8.45. The highest BCUT2D eigenvalue weighted by atomic mass is 79.9. The van der Waals surface area contributed by atoms with Gasteiger partial charge in [0, 0.05) is 6.54 Å². The standard InChI is InChI=1S/C13H16BrFN2O/c1-8(2)5-10(18)7-17-11-4-3-9(6-16)12(14)13(11)15/h3-4,8,10,17-18H,5,7H2,1-2H3. The van der Waals surface area contributed by atoms with Gasteiger partial charge in [-0.25, -0.2) is 4.39 Å². The van der Waals surface area contributed by atoms with E-state index in [0.717, 1.165) is 0 Å². The third-order valence-electron chi connectivity index (χ3n) is 2.47. The Morgan fingerprint density at radius 3 is 2.72 bits per heavy atom. The van der Waals surface area contributed by atoms with E-state index in [2.05, 4.69) is 21.2 Å². The second-order valence-electron chi connectivity index (χ2n) is 4.56. The van der Waals surface area contributed by atoms with E-state index < -0.39 is 11.9 Å². The number of nitrogens with zero attached hydrogens (tertiary/aromatic N) is 1. The highest BCUT2D eigenvalue weighted by Crippen LogP contribution is 2.26. The maximum absolute atomic E-state index is 13.8. The largest absolute Gasteiger partial charge is 0.391 e. The molecule has 0 fully saturated rings. The lowest BCUT2D eigenvalue weighted by atomic mass is 10.1. The topological polar surface area (TPSA) is 56.0 Å². The number of benzene rings is 1. The fourth-order valence-electron chi connectivity index (χ4n) is 1.63. The van der Waals surface area contributed by atoms with Gasteiger partial charge in [-0.15, -0.1) is 0 Å². The number of rotatable bonds is 5. The van der Waals surface area contributed by atoms with E-state index in [-0.39, 0.29) is 22.3 Å². The highest BCUT2D eigenvalue weighted by Gasteiger charge is 2.12. The second kappa shape index (κ2) is 6.72.